The SMILES string of the molecule is CC(C)(C)C(Cl)=NNc1c(Cl)cc(OC(F)(F)F)cc1Cl. The zero-order valence-electron chi connectivity index (χ0n) is 11.3. The lowest BCUT2D eigenvalue weighted by Gasteiger charge is -2.16. The van der Waals surface area contributed by atoms with E-state index in [0.29, 0.717) is 0 Å². The average molecular weight is 364 g/mol. The van der Waals surface area contributed by atoms with Crippen LogP contribution in [0.15, 0.2) is 17.2 Å². The van der Waals surface area contributed by atoms with Gasteiger partial charge in [0.1, 0.15) is 10.9 Å². The fraction of sp³-hybridized carbons (Fsp3) is 0.417. The average Bonchev–Trinajstić information content (AvgIpc) is 2.23. The summed E-state index contributed by atoms with van der Waals surface area (Å²) in [6.07, 6.45) is -4.82. The summed E-state index contributed by atoms with van der Waals surface area (Å²) in [6.45, 7) is 5.51. The van der Waals surface area contributed by atoms with Gasteiger partial charge in [0.05, 0.1) is 15.7 Å². The van der Waals surface area contributed by atoms with Crippen LogP contribution in [-0.2, 0) is 0 Å². The Balaban J connectivity index is 3.01. The van der Waals surface area contributed by atoms with Crippen LogP contribution in [0.2, 0.25) is 10.0 Å². The lowest BCUT2D eigenvalue weighted by atomic mass is 9.99. The van der Waals surface area contributed by atoms with Gasteiger partial charge in [-0.05, 0) is 0 Å². The number of hydrogen-bond donors (Lipinski definition) is 1. The van der Waals surface area contributed by atoms with Crippen LogP contribution in [-0.4, -0.2) is 11.5 Å². The van der Waals surface area contributed by atoms with Crippen LogP contribution < -0.4 is 10.2 Å². The van der Waals surface area contributed by atoms with E-state index in [1.165, 1.54) is 0 Å². The van der Waals surface area contributed by atoms with E-state index in [-0.39, 0.29) is 20.9 Å². The van der Waals surface area contributed by atoms with Gasteiger partial charge in [0.25, 0.3) is 0 Å². The normalized spacial score (nSPS) is 13.3. The molecule has 0 amide bonds. The monoisotopic (exact) mass is 362 g/mol. The maximum Gasteiger partial charge on any atom is 0.573 e. The summed E-state index contributed by atoms with van der Waals surface area (Å²) < 4.78 is 40.1. The molecule has 0 bridgehead atoms. The van der Waals surface area contributed by atoms with Gasteiger partial charge in [-0.25, -0.2) is 0 Å². The summed E-state index contributed by atoms with van der Waals surface area (Å²) in [6, 6.07) is 1.95. The third-order valence-electron chi connectivity index (χ3n) is 2.13. The molecule has 0 radical (unpaired) electrons. The fourth-order valence-electron chi connectivity index (χ4n) is 1.12. The van der Waals surface area contributed by atoms with Crippen LogP contribution in [0.25, 0.3) is 0 Å². The number of benzene rings is 1. The van der Waals surface area contributed by atoms with Gasteiger partial charge in [-0.3, -0.25) is 5.43 Å². The lowest BCUT2D eigenvalue weighted by molar-refractivity contribution is -0.274. The summed E-state index contributed by atoms with van der Waals surface area (Å²) in [7, 11) is 0. The number of ether oxygens (including phenoxy) is 1. The molecule has 0 heterocycles. The first-order valence-corrected chi connectivity index (χ1v) is 6.78. The zero-order valence-corrected chi connectivity index (χ0v) is 13.5. The third kappa shape index (κ3) is 5.80. The summed E-state index contributed by atoms with van der Waals surface area (Å²) in [4.78, 5) is 0. The molecule has 118 valence electrons. The van der Waals surface area contributed by atoms with Gasteiger partial charge < -0.3 is 4.74 Å². The molecule has 0 aliphatic heterocycles. The van der Waals surface area contributed by atoms with Gasteiger partial charge in [-0.15, -0.1) is 13.2 Å². The number of nitrogens with one attached hydrogen (secondary N) is 1. The molecule has 0 aliphatic carbocycles. The first-order chi connectivity index (χ1) is 9.40. The maximum absolute atomic E-state index is 12.1. The minimum atomic E-state index is -4.82. The number of alkyl halides is 3. The third-order valence-corrected chi connectivity index (χ3v) is 3.38. The predicted octanol–water partition coefficient (Wildman–Crippen LogP) is 5.90. The van der Waals surface area contributed by atoms with Crippen molar-refractivity contribution in [1.29, 1.82) is 0 Å². The Hall–Kier alpha value is -0.850. The predicted molar refractivity (Wildman–Crippen MR) is 79.5 cm³/mol. The van der Waals surface area contributed by atoms with Gasteiger partial charge in [0.15, 0.2) is 0 Å². The summed E-state index contributed by atoms with van der Waals surface area (Å²) in [5, 5.41) is 3.99. The standard InChI is InChI=1S/C12H12Cl3F3N2O/c1-11(2,3)10(15)20-19-9-7(13)4-6(5-8(9)14)21-12(16,17)18/h4-5,19H,1-3H3. The topological polar surface area (TPSA) is 33.6 Å². The zero-order chi connectivity index (χ0) is 16.4. The lowest BCUT2D eigenvalue weighted by Crippen LogP contribution is -2.17. The van der Waals surface area contributed by atoms with Crippen molar-refractivity contribution in [3.63, 3.8) is 0 Å². The Labute approximate surface area is 135 Å². The maximum atomic E-state index is 12.1. The molecule has 21 heavy (non-hydrogen) atoms. The van der Waals surface area contributed by atoms with Crippen molar-refractivity contribution < 1.29 is 17.9 Å². The molecule has 0 fully saturated rings. The molecule has 9 heteroatoms. The Kier molecular flexibility index (Phi) is 5.63. The van der Waals surface area contributed by atoms with Crippen molar-refractivity contribution in [3.05, 3.63) is 22.2 Å². The fourth-order valence-corrected chi connectivity index (χ4v) is 1.72. The highest BCUT2D eigenvalue weighted by molar-refractivity contribution is 6.66. The van der Waals surface area contributed by atoms with Crippen molar-refractivity contribution >= 4 is 45.7 Å². The Bertz CT molecular complexity index is 531. The molecule has 0 atom stereocenters. The molecular formula is C12H12Cl3F3N2O. The van der Waals surface area contributed by atoms with Crippen molar-refractivity contribution in [2.24, 2.45) is 10.5 Å². The number of hydrazone groups is 1. The second-order valence-corrected chi connectivity index (χ2v) is 6.25. The summed E-state index contributed by atoms with van der Waals surface area (Å²) in [5.41, 5.74) is 2.27. The molecule has 1 aromatic rings. The molecule has 1 N–H and O–H groups in total. The first-order valence-electron chi connectivity index (χ1n) is 5.64. The second-order valence-electron chi connectivity index (χ2n) is 5.07. The first kappa shape index (κ1) is 18.2. The van der Waals surface area contributed by atoms with E-state index in [2.05, 4.69) is 15.3 Å². The van der Waals surface area contributed by atoms with Crippen LogP contribution in [0.1, 0.15) is 20.8 Å². The number of halogens is 6. The van der Waals surface area contributed by atoms with Gasteiger partial charge in [0, 0.05) is 17.5 Å². The Morgan fingerprint density at radius 2 is 1.62 bits per heavy atom. The van der Waals surface area contributed by atoms with E-state index >= 15 is 0 Å². The molecule has 1 rings (SSSR count). The molecule has 0 aromatic heterocycles. The Morgan fingerprint density at radius 1 is 1.14 bits per heavy atom. The summed E-state index contributed by atoms with van der Waals surface area (Å²) >= 11 is 17.7. The van der Waals surface area contributed by atoms with Crippen LogP contribution in [0, 0.1) is 5.41 Å². The van der Waals surface area contributed by atoms with Crippen LogP contribution in [0.4, 0.5) is 18.9 Å². The van der Waals surface area contributed by atoms with Crippen molar-refractivity contribution in [3.8, 4) is 5.75 Å². The molecule has 0 saturated carbocycles. The summed E-state index contributed by atoms with van der Waals surface area (Å²) in [5.74, 6) is -0.519. The second kappa shape index (κ2) is 6.50. The van der Waals surface area contributed by atoms with Gasteiger partial charge >= 0.3 is 6.36 Å². The minimum absolute atomic E-state index is 0.0797. The van der Waals surface area contributed by atoms with Crippen LogP contribution >= 0.6 is 34.8 Å². The molecule has 0 saturated heterocycles. The highest BCUT2D eigenvalue weighted by Gasteiger charge is 2.31. The Morgan fingerprint density at radius 3 is 2.00 bits per heavy atom. The van der Waals surface area contributed by atoms with E-state index in [1.54, 1.807) is 0 Å². The smallest absolute Gasteiger partial charge is 0.406 e. The van der Waals surface area contributed by atoms with Crippen LogP contribution in [0.5, 0.6) is 5.75 Å². The highest BCUT2D eigenvalue weighted by Crippen LogP contribution is 2.37. The van der Waals surface area contributed by atoms with Crippen molar-refractivity contribution in [2.75, 3.05) is 5.43 Å². The van der Waals surface area contributed by atoms with E-state index in [4.69, 9.17) is 34.8 Å². The highest BCUT2D eigenvalue weighted by atomic mass is 35.5. The molecule has 1 aromatic carbocycles. The van der Waals surface area contributed by atoms with Gasteiger partial charge in [0.2, 0.25) is 0 Å². The number of nitrogens with zero attached hydrogens (tertiary/aromatic N) is 1. The van der Waals surface area contributed by atoms with Gasteiger partial charge in [-0.2, -0.15) is 5.10 Å². The van der Waals surface area contributed by atoms with E-state index in [1.807, 2.05) is 20.8 Å². The number of anilines is 1. The van der Waals surface area contributed by atoms with Gasteiger partial charge in [-0.1, -0.05) is 55.6 Å². The number of rotatable bonds is 3. The quantitative estimate of drug-likeness (QED) is 0.535. The van der Waals surface area contributed by atoms with E-state index in [0.717, 1.165) is 12.1 Å². The molecule has 0 unspecified atom stereocenters. The minimum Gasteiger partial charge on any atom is -0.406 e. The van der Waals surface area contributed by atoms with Crippen LogP contribution in [0.3, 0.4) is 0 Å². The van der Waals surface area contributed by atoms with Crippen molar-refractivity contribution in [2.45, 2.75) is 27.1 Å². The van der Waals surface area contributed by atoms with Crippen molar-refractivity contribution in [1.82, 2.24) is 0 Å². The number of hydrogen-bond acceptors (Lipinski definition) is 3. The largest absolute Gasteiger partial charge is 0.573 e. The van der Waals surface area contributed by atoms with E-state index < -0.39 is 17.5 Å². The molecule has 0 aliphatic rings. The molecule has 0 spiro atoms. The molecular weight excluding hydrogens is 351 g/mol. The molecule has 3 nitrogen and oxygen atoms in total. The van der Waals surface area contributed by atoms with E-state index in [9.17, 15) is 13.2 Å².